The Labute approximate surface area is 125 Å². The summed E-state index contributed by atoms with van der Waals surface area (Å²) in [6.45, 7) is 0.922. The summed E-state index contributed by atoms with van der Waals surface area (Å²) in [7, 11) is 0. The molecule has 5 nitrogen and oxygen atoms in total. The van der Waals surface area contributed by atoms with Gasteiger partial charge in [-0.3, -0.25) is 9.59 Å². The van der Waals surface area contributed by atoms with Crippen molar-refractivity contribution in [2.45, 2.75) is 31.8 Å². The highest BCUT2D eigenvalue weighted by Crippen LogP contribution is 2.20. The summed E-state index contributed by atoms with van der Waals surface area (Å²) in [4.78, 5) is 23.3. The first-order valence-corrected chi connectivity index (χ1v) is 7.47. The highest BCUT2D eigenvalue weighted by atomic mass is 16.5. The number of benzene rings is 1. The van der Waals surface area contributed by atoms with E-state index in [1.807, 2.05) is 18.2 Å². The number of amides is 2. The molecule has 0 aromatic heterocycles. The molecule has 0 unspecified atom stereocenters. The van der Waals surface area contributed by atoms with Crippen molar-refractivity contribution in [3.8, 4) is 0 Å². The molecule has 114 valence electrons. The predicted molar refractivity (Wildman–Crippen MR) is 80.0 cm³/mol. The normalized spacial score (nSPS) is 14.9. The molecule has 0 saturated heterocycles. The van der Waals surface area contributed by atoms with Gasteiger partial charge in [-0.1, -0.05) is 31.0 Å². The zero-order valence-corrected chi connectivity index (χ0v) is 12.1. The minimum atomic E-state index is -0.132. The van der Waals surface area contributed by atoms with E-state index in [4.69, 9.17) is 4.74 Å². The molecule has 2 N–H and O–H groups in total. The van der Waals surface area contributed by atoms with Crippen LogP contribution in [0.25, 0.3) is 0 Å². The molecule has 21 heavy (non-hydrogen) atoms. The van der Waals surface area contributed by atoms with Crippen molar-refractivity contribution in [2.24, 2.45) is 0 Å². The molecule has 1 saturated carbocycles. The van der Waals surface area contributed by atoms with Gasteiger partial charge in [0.2, 0.25) is 5.91 Å². The van der Waals surface area contributed by atoms with E-state index in [-0.39, 0.29) is 24.5 Å². The van der Waals surface area contributed by atoms with Gasteiger partial charge < -0.3 is 15.4 Å². The summed E-state index contributed by atoms with van der Waals surface area (Å²) in [5.74, 6) is -0.261. The van der Waals surface area contributed by atoms with Gasteiger partial charge in [-0.15, -0.1) is 0 Å². The van der Waals surface area contributed by atoms with Crippen LogP contribution < -0.4 is 10.6 Å². The summed E-state index contributed by atoms with van der Waals surface area (Å²) < 4.78 is 5.51. The Hall–Kier alpha value is -1.88. The molecular formula is C16H22N2O3. The SMILES string of the molecule is O=C(COC1CCCC1)NCCNC(=O)c1ccccc1. The van der Waals surface area contributed by atoms with Crippen molar-refractivity contribution in [2.75, 3.05) is 19.7 Å². The average molecular weight is 290 g/mol. The fourth-order valence-electron chi connectivity index (χ4n) is 2.37. The Bertz CT molecular complexity index is 456. The van der Waals surface area contributed by atoms with Crippen molar-refractivity contribution < 1.29 is 14.3 Å². The molecule has 0 bridgehead atoms. The molecule has 5 heteroatoms. The van der Waals surface area contributed by atoms with Gasteiger partial charge in [0.1, 0.15) is 6.61 Å². The van der Waals surface area contributed by atoms with Crippen LogP contribution >= 0.6 is 0 Å². The second-order valence-corrected chi connectivity index (χ2v) is 5.19. The van der Waals surface area contributed by atoms with E-state index in [0.717, 1.165) is 12.8 Å². The predicted octanol–water partition coefficient (Wildman–Crippen LogP) is 1.49. The van der Waals surface area contributed by atoms with Gasteiger partial charge in [-0.2, -0.15) is 0 Å². The summed E-state index contributed by atoms with van der Waals surface area (Å²) in [5.41, 5.74) is 0.619. The monoisotopic (exact) mass is 290 g/mol. The van der Waals surface area contributed by atoms with Gasteiger partial charge in [0.05, 0.1) is 6.10 Å². The number of rotatable bonds is 7. The van der Waals surface area contributed by atoms with E-state index >= 15 is 0 Å². The van der Waals surface area contributed by atoms with Crippen LogP contribution in [0, 0.1) is 0 Å². The van der Waals surface area contributed by atoms with Gasteiger partial charge in [-0.25, -0.2) is 0 Å². The van der Waals surface area contributed by atoms with Crippen molar-refractivity contribution >= 4 is 11.8 Å². The van der Waals surface area contributed by atoms with Crippen molar-refractivity contribution in [3.63, 3.8) is 0 Å². The molecule has 0 radical (unpaired) electrons. The quantitative estimate of drug-likeness (QED) is 0.748. The first-order chi connectivity index (χ1) is 10.3. The Morgan fingerprint density at radius 2 is 1.71 bits per heavy atom. The maximum atomic E-state index is 11.7. The third kappa shape index (κ3) is 5.55. The molecular weight excluding hydrogens is 268 g/mol. The molecule has 1 fully saturated rings. The molecule has 0 heterocycles. The van der Waals surface area contributed by atoms with E-state index in [1.165, 1.54) is 12.8 Å². The number of hydrogen-bond acceptors (Lipinski definition) is 3. The zero-order valence-electron chi connectivity index (χ0n) is 12.1. The van der Waals surface area contributed by atoms with Crippen molar-refractivity contribution in [1.82, 2.24) is 10.6 Å². The smallest absolute Gasteiger partial charge is 0.251 e. The fourth-order valence-corrected chi connectivity index (χ4v) is 2.37. The van der Waals surface area contributed by atoms with Crippen LogP contribution in [0.2, 0.25) is 0 Å². The molecule has 2 rings (SSSR count). The Morgan fingerprint density at radius 1 is 1.05 bits per heavy atom. The first kappa shape index (κ1) is 15.5. The molecule has 1 aromatic carbocycles. The lowest BCUT2D eigenvalue weighted by molar-refractivity contribution is -0.127. The third-order valence-electron chi connectivity index (χ3n) is 3.52. The molecule has 1 aliphatic rings. The lowest BCUT2D eigenvalue weighted by Crippen LogP contribution is -2.36. The molecule has 1 aliphatic carbocycles. The van der Waals surface area contributed by atoms with Crippen molar-refractivity contribution in [3.05, 3.63) is 35.9 Å². The third-order valence-corrected chi connectivity index (χ3v) is 3.52. The van der Waals surface area contributed by atoms with Gasteiger partial charge >= 0.3 is 0 Å². The van der Waals surface area contributed by atoms with Gasteiger partial charge in [0.25, 0.3) is 5.91 Å². The molecule has 1 aromatic rings. The summed E-state index contributed by atoms with van der Waals surface area (Å²) in [6, 6.07) is 9.00. The van der Waals surface area contributed by atoms with Crippen LogP contribution in [0.15, 0.2) is 30.3 Å². The number of nitrogens with one attached hydrogen (secondary N) is 2. The second-order valence-electron chi connectivity index (χ2n) is 5.19. The lowest BCUT2D eigenvalue weighted by atomic mass is 10.2. The van der Waals surface area contributed by atoms with Gasteiger partial charge in [-0.05, 0) is 25.0 Å². The Balaban J connectivity index is 1.54. The van der Waals surface area contributed by atoms with E-state index < -0.39 is 0 Å². The first-order valence-electron chi connectivity index (χ1n) is 7.47. The largest absolute Gasteiger partial charge is 0.368 e. The topological polar surface area (TPSA) is 67.4 Å². The molecule has 0 spiro atoms. The fraction of sp³-hybridized carbons (Fsp3) is 0.500. The van der Waals surface area contributed by atoms with E-state index in [2.05, 4.69) is 10.6 Å². The van der Waals surface area contributed by atoms with Crippen LogP contribution in [-0.2, 0) is 9.53 Å². The number of ether oxygens (including phenoxy) is 1. The maximum Gasteiger partial charge on any atom is 0.251 e. The standard InChI is InChI=1S/C16H22N2O3/c19-15(12-21-14-8-4-5-9-14)17-10-11-18-16(20)13-6-2-1-3-7-13/h1-3,6-7,14H,4-5,8-12H2,(H,17,19)(H,18,20). The van der Waals surface area contributed by atoms with E-state index in [9.17, 15) is 9.59 Å². The van der Waals surface area contributed by atoms with Crippen LogP contribution in [0.5, 0.6) is 0 Å². The number of carbonyl (C=O) groups is 2. The maximum absolute atomic E-state index is 11.7. The van der Waals surface area contributed by atoms with Gasteiger partial charge in [0.15, 0.2) is 0 Å². The van der Waals surface area contributed by atoms with Crippen LogP contribution in [0.1, 0.15) is 36.0 Å². The van der Waals surface area contributed by atoms with Crippen LogP contribution in [0.4, 0.5) is 0 Å². The van der Waals surface area contributed by atoms with E-state index in [1.54, 1.807) is 12.1 Å². The average Bonchev–Trinajstić information content (AvgIpc) is 3.03. The summed E-state index contributed by atoms with van der Waals surface area (Å²) in [6.07, 6.45) is 4.74. The highest BCUT2D eigenvalue weighted by molar-refractivity contribution is 5.94. The highest BCUT2D eigenvalue weighted by Gasteiger charge is 2.16. The van der Waals surface area contributed by atoms with Gasteiger partial charge in [0, 0.05) is 18.7 Å². The summed E-state index contributed by atoms with van der Waals surface area (Å²) in [5, 5.41) is 5.49. The minimum absolute atomic E-state index is 0.108. The van der Waals surface area contributed by atoms with Crippen LogP contribution in [-0.4, -0.2) is 37.6 Å². The van der Waals surface area contributed by atoms with Crippen LogP contribution in [0.3, 0.4) is 0 Å². The number of hydrogen-bond donors (Lipinski definition) is 2. The number of carbonyl (C=O) groups excluding carboxylic acids is 2. The molecule has 2 amide bonds. The Kier molecular flexibility index (Phi) is 6.22. The molecule has 0 atom stereocenters. The lowest BCUT2D eigenvalue weighted by Gasteiger charge is -2.11. The minimum Gasteiger partial charge on any atom is -0.368 e. The van der Waals surface area contributed by atoms with Crippen molar-refractivity contribution in [1.29, 1.82) is 0 Å². The second kappa shape index (κ2) is 8.42. The van der Waals surface area contributed by atoms with E-state index in [0.29, 0.717) is 18.7 Å². The Morgan fingerprint density at radius 3 is 2.43 bits per heavy atom. The molecule has 0 aliphatic heterocycles. The summed E-state index contributed by atoms with van der Waals surface area (Å²) >= 11 is 0. The zero-order chi connectivity index (χ0) is 14.9.